The SMILES string of the molecule is Cc1cc(=O)[nH]c2c(C)cc(NC(=O)c3cccnc3N3CCOCC3)cc12. The summed E-state index contributed by atoms with van der Waals surface area (Å²) < 4.78 is 5.40. The van der Waals surface area contributed by atoms with Gasteiger partial charge in [0.1, 0.15) is 5.82 Å². The smallest absolute Gasteiger partial charge is 0.259 e. The van der Waals surface area contributed by atoms with Gasteiger partial charge in [0.2, 0.25) is 5.56 Å². The Morgan fingerprint density at radius 1 is 1.18 bits per heavy atom. The number of anilines is 2. The van der Waals surface area contributed by atoms with Crippen molar-refractivity contribution in [1.29, 1.82) is 0 Å². The highest BCUT2D eigenvalue weighted by Crippen LogP contribution is 2.25. The maximum absolute atomic E-state index is 13.0. The summed E-state index contributed by atoms with van der Waals surface area (Å²) in [5.74, 6) is 0.455. The summed E-state index contributed by atoms with van der Waals surface area (Å²) in [6, 6.07) is 8.85. The summed E-state index contributed by atoms with van der Waals surface area (Å²) >= 11 is 0. The van der Waals surface area contributed by atoms with E-state index in [1.807, 2.05) is 26.0 Å². The number of ether oxygens (including phenoxy) is 1. The number of carbonyl (C=O) groups is 1. The predicted molar refractivity (Wildman–Crippen MR) is 109 cm³/mol. The van der Waals surface area contributed by atoms with E-state index in [2.05, 4.69) is 20.2 Å². The number of H-pyrrole nitrogens is 1. The number of nitrogens with one attached hydrogen (secondary N) is 2. The number of aryl methyl sites for hydroxylation is 2. The van der Waals surface area contributed by atoms with Crippen LogP contribution in [0.1, 0.15) is 21.5 Å². The monoisotopic (exact) mass is 378 g/mol. The summed E-state index contributed by atoms with van der Waals surface area (Å²) in [5.41, 5.74) is 3.64. The fourth-order valence-corrected chi connectivity index (χ4v) is 3.57. The number of hydrogen-bond acceptors (Lipinski definition) is 5. The van der Waals surface area contributed by atoms with Gasteiger partial charge in [-0.1, -0.05) is 0 Å². The summed E-state index contributed by atoms with van der Waals surface area (Å²) in [4.78, 5) is 34.1. The van der Waals surface area contributed by atoms with E-state index in [1.165, 1.54) is 0 Å². The van der Waals surface area contributed by atoms with Gasteiger partial charge < -0.3 is 19.9 Å². The van der Waals surface area contributed by atoms with Gasteiger partial charge in [-0.05, 0) is 49.2 Å². The minimum atomic E-state index is -0.213. The number of hydrogen-bond donors (Lipinski definition) is 2. The number of rotatable bonds is 3. The maximum atomic E-state index is 13.0. The standard InChI is InChI=1S/C21H22N4O3/c1-13-11-18(26)24-19-14(2)10-15(12-17(13)19)23-21(27)16-4-3-5-22-20(16)25-6-8-28-9-7-25/h3-5,10-12H,6-9H2,1-2H3,(H,23,27)(H,24,26). The van der Waals surface area contributed by atoms with Gasteiger partial charge in [-0.2, -0.15) is 0 Å². The molecular weight excluding hydrogens is 356 g/mol. The van der Waals surface area contributed by atoms with Gasteiger partial charge >= 0.3 is 0 Å². The molecule has 144 valence electrons. The van der Waals surface area contributed by atoms with Crippen LogP contribution in [0.2, 0.25) is 0 Å². The number of nitrogens with zero attached hydrogens (tertiary/aromatic N) is 2. The van der Waals surface area contributed by atoms with Gasteiger partial charge in [-0.25, -0.2) is 4.98 Å². The first-order valence-corrected chi connectivity index (χ1v) is 9.26. The Kier molecular flexibility index (Phi) is 4.83. The van der Waals surface area contributed by atoms with E-state index in [-0.39, 0.29) is 11.5 Å². The molecule has 0 bridgehead atoms. The van der Waals surface area contributed by atoms with Crippen molar-refractivity contribution in [2.45, 2.75) is 13.8 Å². The molecule has 2 N–H and O–H groups in total. The van der Waals surface area contributed by atoms with Crippen LogP contribution in [0, 0.1) is 13.8 Å². The third-order valence-corrected chi connectivity index (χ3v) is 4.96. The molecule has 0 spiro atoms. The van der Waals surface area contributed by atoms with Crippen LogP contribution < -0.4 is 15.8 Å². The zero-order valence-corrected chi connectivity index (χ0v) is 15.9. The quantitative estimate of drug-likeness (QED) is 0.732. The number of morpholine rings is 1. The van der Waals surface area contributed by atoms with Crippen LogP contribution in [0.15, 0.2) is 41.3 Å². The molecule has 4 rings (SSSR count). The van der Waals surface area contributed by atoms with Crippen LogP contribution in [0.25, 0.3) is 10.9 Å². The van der Waals surface area contributed by atoms with Gasteiger partial charge in [0, 0.05) is 36.4 Å². The van der Waals surface area contributed by atoms with Crippen LogP contribution in [0.4, 0.5) is 11.5 Å². The molecule has 0 aliphatic carbocycles. The minimum Gasteiger partial charge on any atom is -0.378 e. The molecule has 3 aromatic rings. The van der Waals surface area contributed by atoms with Gasteiger partial charge in [0.05, 0.1) is 24.3 Å². The van der Waals surface area contributed by atoms with Crippen LogP contribution in [0.3, 0.4) is 0 Å². The van der Waals surface area contributed by atoms with Crippen molar-refractivity contribution in [2.24, 2.45) is 0 Å². The van der Waals surface area contributed by atoms with Crippen molar-refractivity contribution in [2.75, 3.05) is 36.5 Å². The first kappa shape index (κ1) is 18.2. The molecular formula is C21H22N4O3. The lowest BCUT2D eigenvalue weighted by Crippen LogP contribution is -2.38. The van der Waals surface area contributed by atoms with Crippen molar-refractivity contribution in [3.05, 3.63) is 63.6 Å². The molecule has 7 heteroatoms. The second-order valence-corrected chi connectivity index (χ2v) is 6.96. The third-order valence-electron chi connectivity index (χ3n) is 4.96. The van der Waals surface area contributed by atoms with E-state index in [4.69, 9.17) is 4.74 Å². The zero-order chi connectivity index (χ0) is 19.7. The molecule has 0 saturated carbocycles. The van der Waals surface area contributed by atoms with E-state index < -0.39 is 0 Å². The summed E-state index contributed by atoms with van der Waals surface area (Å²) in [7, 11) is 0. The number of amides is 1. The number of aromatic amines is 1. The van der Waals surface area contributed by atoms with Gasteiger partial charge in [0.25, 0.3) is 5.91 Å². The third kappa shape index (κ3) is 3.48. The Hall–Kier alpha value is -3.19. The first-order valence-electron chi connectivity index (χ1n) is 9.26. The zero-order valence-electron chi connectivity index (χ0n) is 15.9. The molecule has 0 unspecified atom stereocenters. The van der Waals surface area contributed by atoms with E-state index in [9.17, 15) is 9.59 Å². The number of benzene rings is 1. The highest BCUT2D eigenvalue weighted by Gasteiger charge is 2.20. The minimum absolute atomic E-state index is 0.129. The molecule has 0 radical (unpaired) electrons. The second-order valence-electron chi connectivity index (χ2n) is 6.96. The fourth-order valence-electron chi connectivity index (χ4n) is 3.57. The molecule has 0 atom stereocenters. The normalized spacial score (nSPS) is 14.3. The summed E-state index contributed by atoms with van der Waals surface area (Å²) in [6.07, 6.45) is 1.70. The van der Waals surface area contributed by atoms with Crippen molar-refractivity contribution in [3.63, 3.8) is 0 Å². The first-order chi connectivity index (χ1) is 13.5. The van der Waals surface area contributed by atoms with E-state index in [0.717, 1.165) is 22.0 Å². The summed E-state index contributed by atoms with van der Waals surface area (Å²) in [5, 5.41) is 3.90. The van der Waals surface area contributed by atoms with Crippen molar-refractivity contribution in [1.82, 2.24) is 9.97 Å². The molecule has 3 heterocycles. The van der Waals surface area contributed by atoms with Crippen molar-refractivity contribution >= 4 is 28.3 Å². The molecule has 1 saturated heterocycles. The lowest BCUT2D eigenvalue weighted by molar-refractivity contribution is 0.102. The average Bonchev–Trinajstić information content (AvgIpc) is 2.69. The summed E-state index contributed by atoms with van der Waals surface area (Å²) in [6.45, 7) is 6.46. The number of fused-ring (bicyclic) bond motifs is 1. The highest BCUT2D eigenvalue weighted by molar-refractivity contribution is 6.08. The van der Waals surface area contributed by atoms with E-state index >= 15 is 0 Å². The predicted octanol–water partition coefficient (Wildman–Crippen LogP) is 2.63. The lowest BCUT2D eigenvalue weighted by atomic mass is 10.1. The Labute approximate surface area is 162 Å². The Balaban J connectivity index is 1.67. The number of pyridine rings is 2. The second kappa shape index (κ2) is 7.44. The lowest BCUT2D eigenvalue weighted by Gasteiger charge is -2.29. The molecule has 1 aliphatic heterocycles. The van der Waals surface area contributed by atoms with Crippen molar-refractivity contribution in [3.8, 4) is 0 Å². The van der Waals surface area contributed by atoms with Crippen molar-refractivity contribution < 1.29 is 9.53 Å². The van der Waals surface area contributed by atoms with Crippen LogP contribution in [-0.2, 0) is 4.74 Å². The van der Waals surface area contributed by atoms with E-state index in [0.29, 0.717) is 43.4 Å². The van der Waals surface area contributed by atoms with E-state index in [1.54, 1.807) is 24.4 Å². The topological polar surface area (TPSA) is 87.3 Å². The molecule has 7 nitrogen and oxygen atoms in total. The van der Waals surface area contributed by atoms with Gasteiger partial charge in [0.15, 0.2) is 0 Å². The van der Waals surface area contributed by atoms with Gasteiger partial charge in [-0.3, -0.25) is 9.59 Å². The van der Waals surface area contributed by atoms with Crippen LogP contribution in [0.5, 0.6) is 0 Å². The Morgan fingerprint density at radius 2 is 1.96 bits per heavy atom. The largest absolute Gasteiger partial charge is 0.378 e. The Bertz CT molecular complexity index is 1100. The molecule has 1 fully saturated rings. The Morgan fingerprint density at radius 3 is 2.75 bits per heavy atom. The number of aromatic nitrogens is 2. The molecule has 1 amide bonds. The maximum Gasteiger partial charge on any atom is 0.259 e. The van der Waals surface area contributed by atoms with Gasteiger partial charge in [-0.15, -0.1) is 0 Å². The molecule has 1 aromatic carbocycles. The molecule has 2 aromatic heterocycles. The molecule has 1 aliphatic rings. The highest BCUT2D eigenvalue weighted by atomic mass is 16.5. The average molecular weight is 378 g/mol. The van der Waals surface area contributed by atoms with Crippen LogP contribution >= 0.6 is 0 Å². The fraction of sp³-hybridized carbons (Fsp3) is 0.286. The molecule has 28 heavy (non-hydrogen) atoms. The van der Waals surface area contributed by atoms with Crippen LogP contribution in [-0.4, -0.2) is 42.2 Å². The number of carbonyl (C=O) groups excluding carboxylic acids is 1.